The van der Waals surface area contributed by atoms with E-state index in [1.165, 1.54) is 0 Å². The van der Waals surface area contributed by atoms with Gasteiger partial charge in [-0.15, -0.1) is 12.3 Å². The van der Waals surface area contributed by atoms with Gasteiger partial charge >= 0.3 is 5.97 Å². The fourth-order valence-electron chi connectivity index (χ4n) is 2.19. The van der Waals surface area contributed by atoms with E-state index >= 15 is 0 Å². The predicted octanol–water partition coefficient (Wildman–Crippen LogP) is 3.42. The first-order valence-corrected chi connectivity index (χ1v) is 5.88. The summed E-state index contributed by atoms with van der Waals surface area (Å²) in [5.74, 6) is 1.15. The Kier molecular flexibility index (Phi) is 3.64. The number of carboxylic acids is 1. The summed E-state index contributed by atoms with van der Waals surface area (Å²) < 4.78 is 0. The van der Waals surface area contributed by atoms with E-state index in [0.717, 1.165) is 16.3 Å². The van der Waals surface area contributed by atoms with Crippen molar-refractivity contribution >= 4 is 16.7 Å². The standard InChI is InChI=1S/C16H14O2/c1-2-3-9-15(16(17)18)14-11-6-8-12-7-4-5-10-13(12)14/h1,4-8,10-11,15H,3,9H2,(H,17,18). The molecule has 2 aromatic rings. The number of benzene rings is 2. The first kappa shape index (κ1) is 12.2. The number of rotatable bonds is 4. The molecule has 0 bridgehead atoms. The molecule has 1 N–H and O–H groups in total. The Morgan fingerprint density at radius 3 is 2.67 bits per heavy atom. The maximum atomic E-state index is 11.4. The minimum absolute atomic E-state index is 0.472. The van der Waals surface area contributed by atoms with E-state index < -0.39 is 11.9 Å². The molecule has 0 aliphatic rings. The number of hydrogen-bond donors (Lipinski definition) is 1. The van der Waals surface area contributed by atoms with Gasteiger partial charge in [0.25, 0.3) is 0 Å². The van der Waals surface area contributed by atoms with Gasteiger partial charge in [0, 0.05) is 6.42 Å². The number of carboxylic acid groups (broad SMARTS) is 1. The van der Waals surface area contributed by atoms with Gasteiger partial charge in [-0.3, -0.25) is 4.79 Å². The highest BCUT2D eigenvalue weighted by atomic mass is 16.4. The van der Waals surface area contributed by atoms with Crippen LogP contribution in [-0.2, 0) is 4.79 Å². The van der Waals surface area contributed by atoms with Gasteiger partial charge in [-0.25, -0.2) is 0 Å². The third kappa shape index (κ3) is 2.36. The zero-order chi connectivity index (χ0) is 13.0. The van der Waals surface area contributed by atoms with Crippen LogP contribution in [0.3, 0.4) is 0 Å². The van der Waals surface area contributed by atoms with Crippen molar-refractivity contribution in [3.63, 3.8) is 0 Å². The Morgan fingerprint density at radius 1 is 1.22 bits per heavy atom. The molecule has 18 heavy (non-hydrogen) atoms. The van der Waals surface area contributed by atoms with E-state index in [1.54, 1.807) is 0 Å². The second-order valence-electron chi connectivity index (χ2n) is 4.20. The Hall–Kier alpha value is -2.27. The number of carbonyl (C=O) groups is 1. The Bertz CT molecular complexity index is 603. The van der Waals surface area contributed by atoms with Crippen molar-refractivity contribution in [2.24, 2.45) is 0 Å². The van der Waals surface area contributed by atoms with Crippen LogP contribution in [0.25, 0.3) is 10.8 Å². The molecule has 0 fully saturated rings. The summed E-state index contributed by atoms with van der Waals surface area (Å²) in [5, 5.41) is 11.4. The summed E-state index contributed by atoms with van der Waals surface area (Å²) in [4.78, 5) is 11.4. The Morgan fingerprint density at radius 2 is 1.94 bits per heavy atom. The van der Waals surface area contributed by atoms with Crippen molar-refractivity contribution in [2.45, 2.75) is 18.8 Å². The fraction of sp³-hybridized carbons (Fsp3) is 0.188. The van der Waals surface area contributed by atoms with E-state index in [-0.39, 0.29) is 0 Å². The number of hydrogen-bond acceptors (Lipinski definition) is 1. The molecule has 90 valence electrons. The number of terminal acetylenes is 1. The lowest BCUT2D eigenvalue weighted by atomic mass is 9.90. The Labute approximate surface area is 106 Å². The maximum absolute atomic E-state index is 11.4. The van der Waals surface area contributed by atoms with Crippen LogP contribution in [0.4, 0.5) is 0 Å². The highest BCUT2D eigenvalue weighted by molar-refractivity contribution is 5.90. The maximum Gasteiger partial charge on any atom is 0.311 e. The molecule has 0 aliphatic carbocycles. The van der Waals surface area contributed by atoms with Crippen molar-refractivity contribution < 1.29 is 9.90 Å². The summed E-state index contributed by atoms with van der Waals surface area (Å²) in [7, 11) is 0. The van der Waals surface area contributed by atoms with Gasteiger partial charge in [0.05, 0.1) is 5.92 Å². The first-order valence-electron chi connectivity index (χ1n) is 5.88. The molecule has 0 aliphatic heterocycles. The molecule has 0 saturated heterocycles. The molecule has 1 unspecified atom stereocenters. The predicted molar refractivity (Wildman–Crippen MR) is 72.4 cm³/mol. The van der Waals surface area contributed by atoms with Crippen LogP contribution in [0.1, 0.15) is 24.3 Å². The highest BCUT2D eigenvalue weighted by Gasteiger charge is 2.20. The molecule has 2 heteroatoms. The average Bonchev–Trinajstić information content (AvgIpc) is 2.39. The largest absolute Gasteiger partial charge is 0.481 e. The zero-order valence-electron chi connectivity index (χ0n) is 9.97. The van der Waals surface area contributed by atoms with E-state index in [9.17, 15) is 9.90 Å². The molecule has 0 radical (unpaired) electrons. The van der Waals surface area contributed by atoms with Crippen molar-refractivity contribution in [3.8, 4) is 12.3 Å². The summed E-state index contributed by atoms with van der Waals surface area (Å²) in [6, 6.07) is 13.6. The van der Waals surface area contributed by atoms with E-state index in [4.69, 9.17) is 6.42 Å². The molecule has 0 spiro atoms. The van der Waals surface area contributed by atoms with Crippen LogP contribution in [0.15, 0.2) is 42.5 Å². The van der Waals surface area contributed by atoms with Crippen molar-refractivity contribution in [1.82, 2.24) is 0 Å². The van der Waals surface area contributed by atoms with Crippen LogP contribution in [0.2, 0.25) is 0 Å². The quantitative estimate of drug-likeness (QED) is 0.829. The minimum Gasteiger partial charge on any atom is -0.481 e. The lowest BCUT2D eigenvalue weighted by Gasteiger charge is -2.14. The van der Waals surface area contributed by atoms with Crippen molar-refractivity contribution in [2.75, 3.05) is 0 Å². The lowest BCUT2D eigenvalue weighted by molar-refractivity contribution is -0.138. The van der Waals surface area contributed by atoms with Gasteiger partial charge in [0.1, 0.15) is 0 Å². The zero-order valence-corrected chi connectivity index (χ0v) is 9.97. The monoisotopic (exact) mass is 238 g/mol. The minimum atomic E-state index is -0.818. The Balaban J connectivity index is 2.50. The van der Waals surface area contributed by atoms with Gasteiger partial charge in [0.2, 0.25) is 0 Å². The van der Waals surface area contributed by atoms with Crippen LogP contribution in [-0.4, -0.2) is 11.1 Å². The summed E-state index contributed by atoms with van der Waals surface area (Å²) in [6.07, 6.45) is 6.17. The van der Waals surface area contributed by atoms with Gasteiger partial charge in [-0.1, -0.05) is 42.5 Å². The third-order valence-corrected chi connectivity index (χ3v) is 3.07. The van der Waals surface area contributed by atoms with Crippen molar-refractivity contribution in [1.29, 1.82) is 0 Å². The molecule has 0 saturated carbocycles. The number of aliphatic carboxylic acids is 1. The lowest BCUT2D eigenvalue weighted by Crippen LogP contribution is -2.11. The van der Waals surface area contributed by atoms with Gasteiger partial charge < -0.3 is 5.11 Å². The van der Waals surface area contributed by atoms with Crippen LogP contribution >= 0.6 is 0 Å². The smallest absolute Gasteiger partial charge is 0.311 e. The molecule has 0 aromatic heterocycles. The van der Waals surface area contributed by atoms with Crippen LogP contribution in [0.5, 0.6) is 0 Å². The van der Waals surface area contributed by atoms with E-state index in [0.29, 0.717) is 12.8 Å². The van der Waals surface area contributed by atoms with Crippen LogP contribution in [0, 0.1) is 12.3 Å². The van der Waals surface area contributed by atoms with Crippen molar-refractivity contribution in [3.05, 3.63) is 48.0 Å². The second-order valence-corrected chi connectivity index (χ2v) is 4.20. The van der Waals surface area contributed by atoms with Gasteiger partial charge in [-0.2, -0.15) is 0 Å². The molecular weight excluding hydrogens is 224 g/mol. The third-order valence-electron chi connectivity index (χ3n) is 3.07. The SMILES string of the molecule is C#CCCC(C(=O)O)c1cccc2ccccc12. The molecule has 2 rings (SSSR count). The average molecular weight is 238 g/mol. The highest BCUT2D eigenvalue weighted by Crippen LogP contribution is 2.28. The first-order chi connectivity index (χ1) is 8.74. The van der Waals surface area contributed by atoms with Gasteiger partial charge in [0.15, 0.2) is 0 Å². The van der Waals surface area contributed by atoms with Gasteiger partial charge in [-0.05, 0) is 22.8 Å². The molecule has 0 heterocycles. The second kappa shape index (κ2) is 5.37. The van der Waals surface area contributed by atoms with E-state index in [1.807, 2.05) is 42.5 Å². The normalized spacial score (nSPS) is 11.9. The molecule has 2 aromatic carbocycles. The van der Waals surface area contributed by atoms with Crippen LogP contribution < -0.4 is 0 Å². The molecular formula is C16H14O2. The number of fused-ring (bicyclic) bond motifs is 1. The summed E-state index contributed by atoms with van der Waals surface area (Å²) >= 11 is 0. The summed E-state index contributed by atoms with van der Waals surface area (Å²) in [5.41, 5.74) is 0.843. The topological polar surface area (TPSA) is 37.3 Å². The summed E-state index contributed by atoms with van der Waals surface area (Å²) in [6.45, 7) is 0. The fourth-order valence-corrected chi connectivity index (χ4v) is 2.19. The molecule has 2 nitrogen and oxygen atoms in total. The molecule has 0 amide bonds. The van der Waals surface area contributed by atoms with E-state index in [2.05, 4.69) is 5.92 Å². The molecule has 1 atom stereocenters.